The molecule has 80 valence electrons. The third-order valence-electron chi connectivity index (χ3n) is 2.23. The summed E-state index contributed by atoms with van der Waals surface area (Å²) < 4.78 is 5.08. The lowest BCUT2D eigenvalue weighted by Gasteiger charge is -2.07. The van der Waals surface area contributed by atoms with Gasteiger partial charge in [0.05, 0.1) is 5.52 Å². The van der Waals surface area contributed by atoms with Crippen LogP contribution in [-0.2, 0) is 6.54 Å². The van der Waals surface area contributed by atoms with Gasteiger partial charge in [-0.3, -0.25) is 4.98 Å². The van der Waals surface area contributed by atoms with Crippen LogP contribution in [0.1, 0.15) is 19.4 Å². The normalized spacial score (nSPS) is 11.4. The Labute approximate surface area is 87.3 Å². The first-order chi connectivity index (χ1) is 7.16. The number of aromatic amines is 1. The number of hydrogen-bond acceptors (Lipinski definition) is 3. The topological polar surface area (TPSA) is 58.0 Å². The molecule has 2 N–H and O–H groups in total. The standard InChI is InChI=1S/C11H14N2O2/c1-7(2)12-6-8-4-3-5-9-10(8)15-11(14)13-9/h3-5,7,12H,6H2,1-2H3,(H,13,14). The first-order valence-electron chi connectivity index (χ1n) is 5.01. The van der Waals surface area contributed by atoms with E-state index in [1.165, 1.54) is 0 Å². The second-order valence-electron chi connectivity index (χ2n) is 3.84. The SMILES string of the molecule is CC(C)NCc1cccc2[nH]c(=O)oc12. The first kappa shape index (κ1) is 9.98. The molecule has 0 aliphatic heterocycles. The fraction of sp³-hybridized carbons (Fsp3) is 0.364. The summed E-state index contributed by atoms with van der Waals surface area (Å²) in [5, 5.41) is 3.29. The monoisotopic (exact) mass is 206 g/mol. The Morgan fingerprint density at radius 1 is 1.47 bits per heavy atom. The number of nitrogens with one attached hydrogen (secondary N) is 2. The number of benzene rings is 1. The maximum Gasteiger partial charge on any atom is 0.417 e. The van der Waals surface area contributed by atoms with Gasteiger partial charge < -0.3 is 9.73 Å². The smallest absolute Gasteiger partial charge is 0.408 e. The Hall–Kier alpha value is -1.55. The van der Waals surface area contributed by atoms with Crippen molar-refractivity contribution in [1.82, 2.24) is 10.3 Å². The quantitative estimate of drug-likeness (QED) is 0.802. The van der Waals surface area contributed by atoms with Crippen LogP contribution < -0.4 is 11.1 Å². The van der Waals surface area contributed by atoms with Gasteiger partial charge in [0.1, 0.15) is 0 Å². The van der Waals surface area contributed by atoms with Crippen molar-refractivity contribution in [3.05, 3.63) is 34.3 Å². The summed E-state index contributed by atoms with van der Waals surface area (Å²) in [4.78, 5) is 13.7. The van der Waals surface area contributed by atoms with E-state index in [4.69, 9.17) is 4.42 Å². The third kappa shape index (κ3) is 2.10. The van der Waals surface area contributed by atoms with Crippen LogP contribution in [0, 0.1) is 0 Å². The predicted octanol–water partition coefficient (Wildman–Crippen LogP) is 1.62. The molecule has 0 fully saturated rings. The van der Waals surface area contributed by atoms with Crippen molar-refractivity contribution in [3.8, 4) is 0 Å². The van der Waals surface area contributed by atoms with E-state index in [9.17, 15) is 4.79 Å². The van der Waals surface area contributed by atoms with Gasteiger partial charge in [0.25, 0.3) is 0 Å². The van der Waals surface area contributed by atoms with Crippen molar-refractivity contribution in [1.29, 1.82) is 0 Å². The zero-order valence-corrected chi connectivity index (χ0v) is 8.83. The zero-order chi connectivity index (χ0) is 10.8. The molecular weight excluding hydrogens is 192 g/mol. The molecule has 0 saturated heterocycles. The summed E-state index contributed by atoms with van der Waals surface area (Å²) in [6.07, 6.45) is 0. The van der Waals surface area contributed by atoms with Crippen LogP contribution in [0.5, 0.6) is 0 Å². The number of oxazole rings is 1. The number of hydrogen-bond donors (Lipinski definition) is 2. The Kier molecular flexibility index (Phi) is 2.60. The van der Waals surface area contributed by atoms with Crippen LogP contribution in [-0.4, -0.2) is 11.0 Å². The number of para-hydroxylation sites is 1. The highest BCUT2D eigenvalue weighted by Crippen LogP contribution is 2.15. The lowest BCUT2D eigenvalue weighted by atomic mass is 10.2. The molecule has 0 bridgehead atoms. The van der Waals surface area contributed by atoms with Crippen molar-refractivity contribution in [2.24, 2.45) is 0 Å². The Morgan fingerprint density at radius 2 is 2.27 bits per heavy atom. The summed E-state index contributed by atoms with van der Waals surface area (Å²) in [5.41, 5.74) is 2.40. The molecule has 2 aromatic rings. The number of H-pyrrole nitrogens is 1. The highest BCUT2D eigenvalue weighted by Gasteiger charge is 2.06. The lowest BCUT2D eigenvalue weighted by molar-refractivity contribution is 0.542. The Balaban J connectivity index is 2.37. The molecule has 0 aliphatic rings. The van der Waals surface area contributed by atoms with E-state index >= 15 is 0 Å². The second-order valence-corrected chi connectivity index (χ2v) is 3.84. The van der Waals surface area contributed by atoms with Gasteiger partial charge >= 0.3 is 5.76 Å². The molecule has 1 aromatic carbocycles. The molecule has 1 heterocycles. The largest absolute Gasteiger partial charge is 0.417 e. The van der Waals surface area contributed by atoms with Gasteiger partial charge in [-0.05, 0) is 6.07 Å². The van der Waals surface area contributed by atoms with Crippen molar-refractivity contribution in [2.45, 2.75) is 26.4 Å². The summed E-state index contributed by atoms with van der Waals surface area (Å²) in [5.74, 6) is -0.401. The van der Waals surface area contributed by atoms with E-state index in [0.29, 0.717) is 18.2 Å². The van der Waals surface area contributed by atoms with Crippen molar-refractivity contribution < 1.29 is 4.42 Å². The number of fused-ring (bicyclic) bond motifs is 1. The van der Waals surface area contributed by atoms with Crippen LogP contribution in [0.25, 0.3) is 11.1 Å². The minimum Gasteiger partial charge on any atom is -0.408 e. The van der Waals surface area contributed by atoms with Crippen LogP contribution >= 0.6 is 0 Å². The van der Waals surface area contributed by atoms with Crippen LogP contribution in [0.3, 0.4) is 0 Å². The summed E-state index contributed by atoms with van der Waals surface area (Å²) in [6.45, 7) is 4.86. The molecule has 0 radical (unpaired) electrons. The van der Waals surface area contributed by atoms with Gasteiger partial charge in [-0.25, -0.2) is 4.79 Å². The minimum atomic E-state index is -0.401. The maximum absolute atomic E-state index is 11.0. The fourth-order valence-corrected chi connectivity index (χ4v) is 1.49. The van der Waals surface area contributed by atoms with Crippen LogP contribution in [0.4, 0.5) is 0 Å². The molecule has 0 unspecified atom stereocenters. The molecule has 2 rings (SSSR count). The average molecular weight is 206 g/mol. The van der Waals surface area contributed by atoms with E-state index in [2.05, 4.69) is 24.1 Å². The second kappa shape index (κ2) is 3.90. The summed E-state index contributed by atoms with van der Waals surface area (Å²) >= 11 is 0. The van der Waals surface area contributed by atoms with Gasteiger partial charge in [-0.2, -0.15) is 0 Å². The van der Waals surface area contributed by atoms with Gasteiger partial charge in [0.2, 0.25) is 0 Å². The highest BCUT2D eigenvalue weighted by atomic mass is 16.4. The number of rotatable bonds is 3. The molecule has 1 aromatic heterocycles. The van der Waals surface area contributed by atoms with E-state index in [0.717, 1.165) is 11.1 Å². The first-order valence-corrected chi connectivity index (χ1v) is 5.01. The number of aromatic nitrogens is 1. The Bertz CT molecular complexity index is 511. The van der Waals surface area contributed by atoms with Gasteiger partial charge in [0, 0.05) is 18.2 Å². The van der Waals surface area contributed by atoms with Crippen LogP contribution in [0.15, 0.2) is 27.4 Å². The molecule has 0 aliphatic carbocycles. The molecule has 0 amide bonds. The summed E-state index contributed by atoms with van der Waals surface area (Å²) in [6, 6.07) is 6.10. The fourth-order valence-electron chi connectivity index (χ4n) is 1.49. The predicted molar refractivity (Wildman–Crippen MR) is 58.8 cm³/mol. The molecule has 0 saturated carbocycles. The highest BCUT2D eigenvalue weighted by molar-refractivity contribution is 5.75. The van der Waals surface area contributed by atoms with Gasteiger partial charge in [-0.1, -0.05) is 26.0 Å². The molecule has 4 heteroatoms. The average Bonchev–Trinajstić information content (AvgIpc) is 2.55. The molecule has 15 heavy (non-hydrogen) atoms. The lowest BCUT2D eigenvalue weighted by Crippen LogP contribution is -2.21. The maximum atomic E-state index is 11.0. The van der Waals surface area contributed by atoms with Crippen molar-refractivity contribution in [3.63, 3.8) is 0 Å². The minimum absolute atomic E-state index is 0.401. The molecule has 0 spiro atoms. The zero-order valence-electron chi connectivity index (χ0n) is 8.83. The molecule has 0 atom stereocenters. The van der Waals surface area contributed by atoms with Crippen molar-refractivity contribution in [2.75, 3.05) is 0 Å². The van der Waals surface area contributed by atoms with Crippen molar-refractivity contribution >= 4 is 11.1 Å². The van der Waals surface area contributed by atoms with E-state index in [1.807, 2.05) is 18.2 Å². The van der Waals surface area contributed by atoms with Gasteiger partial charge in [0.15, 0.2) is 5.58 Å². The third-order valence-corrected chi connectivity index (χ3v) is 2.23. The van der Waals surface area contributed by atoms with E-state index in [1.54, 1.807) is 0 Å². The van der Waals surface area contributed by atoms with E-state index in [-0.39, 0.29) is 0 Å². The summed E-state index contributed by atoms with van der Waals surface area (Å²) in [7, 11) is 0. The molecular formula is C11H14N2O2. The van der Waals surface area contributed by atoms with E-state index < -0.39 is 5.76 Å². The molecule has 4 nitrogen and oxygen atoms in total. The van der Waals surface area contributed by atoms with Gasteiger partial charge in [-0.15, -0.1) is 0 Å². The van der Waals surface area contributed by atoms with Crippen LogP contribution in [0.2, 0.25) is 0 Å². The Morgan fingerprint density at radius 3 is 3.00 bits per heavy atom.